The number of hydrogen-bond acceptors (Lipinski definition) is 2. The van der Waals surface area contributed by atoms with Crippen LogP contribution in [0.4, 0.5) is 0 Å². The van der Waals surface area contributed by atoms with Gasteiger partial charge in [0.1, 0.15) is 0 Å². The van der Waals surface area contributed by atoms with Crippen LogP contribution in [-0.2, 0) is 11.2 Å². The Hall–Kier alpha value is -1.35. The van der Waals surface area contributed by atoms with Crippen molar-refractivity contribution in [3.63, 3.8) is 0 Å². The number of rotatable bonds is 7. The van der Waals surface area contributed by atoms with Crippen LogP contribution in [0.3, 0.4) is 0 Å². The molecule has 0 bridgehead atoms. The second-order valence-corrected chi connectivity index (χ2v) is 3.79. The molecule has 0 aliphatic carbocycles. The van der Waals surface area contributed by atoms with Crippen LogP contribution in [0, 0.1) is 0 Å². The Balaban J connectivity index is 2.09. The van der Waals surface area contributed by atoms with Gasteiger partial charge in [-0.3, -0.25) is 4.79 Å². The summed E-state index contributed by atoms with van der Waals surface area (Å²) in [5.74, 6) is 0.145. The maximum atomic E-state index is 11.4. The van der Waals surface area contributed by atoms with Crippen LogP contribution in [0.1, 0.15) is 18.4 Å². The summed E-state index contributed by atoms with van der Waals surface area (Å²) in [5, 5.41) is 5.95. The van der Waals surface area contributed by atoms with Gasteiger partial charge in [-0.1, -0.05) is 30.3 Å². The highest BCUT2D eigenvalue weighted by molar-refractivity contribution is 5.75. The molecule has 0 spiro atoms. The molecule has 0 heterocycles. The molecule has 0 unspecified atom stereocenters. The standard InChI is InChI=1S/C13H20N2O/c1-14-10-5-8-13(16)15-11-9-12-6-3-2-4-7-12/h2-4,6-7,14H,5,8-11H2,1H3,(H,15,16). The van der Waals surface area contributed by atoms with Crippen molar-refractivity contribution in [2.75, 3.05) is 20.1 Å². The molecule has 0 aromatic heterocycles. The van der Waals surface area contributed by atoms with E-state index in [1.807, 2.05) is 25.2 Å². The number of nitrogens with one attached hydrogen (secondary N) is 2. The number of hydrogen-bond donors (Lipinski definition) is 2. The molecular weight excluding hydrogens is 200 g/mol. The van der Waals surface area contributed by atoms with E-state index in [0.717, 1.165) is 25.9 Å². The van der Waals surface area contributed by atoms with E-state index in [0.29, 0.717) is 6.42 Å². The van der Waals surface area contributed by atoms with E-state index in [9.17, 15) is 4.79 Å². The lowest BCUT2D eigenvalue weighted by Crippen LogP contribution is -2.26. The van der Waals surface area contributed by atoms with Gasteiger partial charge >= 0.3 is 0 Å². The lowest BCUT2D eigenvalue weighted by atomic mass is 10.1. The Labute approximate surface area is 97.2 Å². The van der Waals surface area contributed by atoms with Crippen molar-refractivity contribution in [1.82, 2.24) is 10.6 Å². The summed E-state index contributed by atoms with van der Waals surface area (Å²) in [7, 11) is 1.90. The number of carbonyl (C=O) groups is 1. The van der Waals surface area contributed by atoms with Gasteiger partial charge in [0.15, 0.2) is 0 Å². The smallest absolute Gasteiger partial charge is 0.220 e. The van der Waals surface area contributed by atoms with Crippen LogP contribution < -0.4 is 10.6 Å². The van der Waals surface area contributed by atoms with Gasteiger partial charge in [-0.15, -0.1) is 0 Å². The Morgan fingerprint density at radius 2 is 1.94 bits per heavy atom. The van der Waals surface area contributed by atoms with Crippen LogP contribution in [0.2, 0.25) is 0 Å². The molecule has 3 nitrogen and oxygen atoms in total. The molecule has 16 heavy (non-hydrogen) atoms. The van der Waals surface area contributed by atoms with E-state index < -0.39 is 0 Å². The third-order valence-electron chi connectivity index (χ3n) is 2.41. The van der Waals surface area contributed by atoms with Gasteiger partial charge in [0.05, 0.1) is 0 Å². The second-order valence-electron chi connectivity index (χ2n) is 3.79. The number of benzene rings is 1. The molecule has 0 aliphatic heterocycles. The lowest BCUT2D eigenvalue weighted by molar-refractivity contribution is -0.121. The van der Waals surface area contributed by atoms with Gasteiger partial charge in [-0.2, -0.15) is 0 Å². The van der Waals surface area contributed by atoms with Crippen LogP contribution in [-0.4, -0.2) is 26.0 Å². The highest BCUT2D eigenvalue weighted by Crippen LogP contribution is 1.98. The molecule has 0 saturated carbocycles. The molecule has 0 saturated heterocycles. The van der Waals surface area contributed by atoms with Crippen LogP contribution in [0.25, 0.3) is 0 Å². The first-order valence-corrected chi connectivity index (χ1v) is 5.78. The maximum Gasteiger partial charge on any atom is 0.220 e. The van der Waals surface area contributed by atoms with Crippen molar-refractivity contribution in [1.29, 1.82) is 0 Å². The molecular formula is C13H20N2O. The molecule has 1 amide bonds. The first kappa shape index (κ1) is 12.7. The van der Waals surface area contributed by atoms with Crippen molar-refractivity contribution in [2.24, 2.45) is 0 Å². The summed E-state index contributed by atoms with van der Waals surface area (Å²) in [6.45, 7) is 1.62. The lowest BCUT2D eigenvalue weighted by Gasteiger charge is -2.05. The highest BCUT2D eigenvalue weighted by atomic mass is 16.1. The van der Waals surface area contributed by atoms with E-state index in [1.165, 1.54) is 5.56 Å². The minimum Gasteiger partial charge on any atom is -0.356 e. The summed E-state index contributed by atoms with van der Waals surface area (Å²) in [6.07, 6.45) is 2.40. The zero-order valence-corrected chi connectivity index (χ0v) is 9.83. The summed E-state index contributed by atoms with van der Waals surface area (Å²) in [4.78, 5) is 11.4. The molecule has 88 valence electrons. The van der Waals surface area contributed by atoms with Crippen molar-refractivity contribution >= 4 is 5.91 Å². The zero-order chi connectivity index (χ0) is 11.6. The minimum atomic E-state index is 0.145. The van der Waals surface area contributed by atoms with Crippen molar-refractivity contribution in [2.45, 2.75) is 19.3 Å². The van der Waals surface area contributed by atoms with Crippen molar-refractivity contribution in [3.05, 3.63) is 35.9 Å². The Kier molecular flexibility index (Phi) is 6.26. The van der Waals surface area contributed by atoms with E-state index in [1.54, 1.807) is 0 Å². The molecule has 1 rings (SSSR count). The SMILES string of the molecule is CNCCCC(=O)NCCc1ccccc1. The van der Waals surface area contributed by atoms with Gasteiger partial charge in [0.2, 0.25) is 5.91 Å². The Bertz CT molecular complexity index is 298. The van der Waals surface area contributed by atoms with E-state index in [-0.39, 0.29) is 5.91 Å². The Morgan fingerprint density at radius 3 is 2.62 bits per heavy atom. The highest BCUT2D eigenvalue weighted by Gasteiger charge is 1.99. The van der Waals surface area contributed by atoms with Gasteiger partial charge in [-0.25, -0.2) is 0 Å². The van der Waals surface area contributed by atoms with E-state index >= 15 is 0 Å². The second kappa shape index (κ2) is 7.88. The summed E-state index contributed by atoms with van der Waals surface area (Å²) in [6, 6.07) is 10.2. The van der Waals surface area contributed by atoms with E-state index in [2.05, 4.69) is 22.8 Å². The van der Waals surface area contributed by atoms with Crippen molar-refractivity contribution in [3.8, 4) is 0 Å². The predicted molar refractivity (Wildman–Crippen MR) is 66.3 cm³/mol. The predicted octanol–water partition coefficient (Wildman–Crippen LogP) is 1.34. The molecule has 1 aromatic rings. The third kappa shape index (κ3) is 5.51. The van der Waals surface area contributed by atoms with Gasteiger partial charge in [0, 0.05) is 13.0 Å². The summed E-state index contributed by atoms with van der Waals surface area (Å²) in [5.41, 5.74) is 1.26. The molecule has 2 N–H and O–H groups in total. The molecule has 0 atom stereocenters. The van der Waals surface area contributed by atoms with Crippen LogP contribution >= 0.6 is 0 Å². The average molecular weight is 220 g/mol. The van der Waals surface area contributed by atoms with Crippen LogP contribution in [0.15, 0.2) is 30.3 Å². The summed E-state index contributed by atoms with van der Waals surface area (Å²) >= 11 is 0. The monoisotopic (exact) mass is 220 g/mol. The number of amides is 1. The maximum absolute atomic E-state index is 11.4. The first-order valence-electron chi connectivity index (χ1n) is 5.78. The largest absolute Gasteiger partial charge is 0.356 e. The van der Waals surface area contributed by atoms with E-state index in [4.69, 9.17) is 0 Å². The van der Waals surface area contributed by atoms with Gasteiger partial charge in [-0.05, 0) is 32.0 Å². The normalized spacial score (nSPS) is 10.1. The topological polar surface area (TPSA) is 41.1 Å². The fourth-order valence-corrected chi connectivity index (χ4v) is 1.51. The number of carbonyl (C=O) groups excluding carboxylic acids is 1. The first-order chi connectivity index (χ1) is 7.83. The third-order valence-corrected chi connectivity index (χ3v) is 2.41. The fraction of sp³-hybridized carbons (Fsp3) is 0.462. The fourth-order valence-electron chi connectivity index (χ4n) is 1.51. The Morgan fingerprint density at radius 1 is 1.19 bits per heavy atom. The summed E-state index contributed by atoms with van der Waals surface area (Å²) < 4.78 is 0. The van der Waals surface area contributed by atoms with Crippen LogP contribution in [0.5, 0.6) is 0 Å². The van der Waals surface area contributed by atoms with Gasteiger partial charge < -0.3 is 10.6 Å². The van der Waals surface area contributed by atoms with Crippen molar-refractivity contribution < 1.29 is 4.79 Å². The quantitative estimate of drug-likeness (QED) is 0.681. The molecule has 3 heteroatoms. The molecule has 0 radical (unpaired) electrons. The zero-order valence-electron chi connectivity index (χ0n) is 9.83. The molecule has 0 fully saturated rings. The molecule has 1 aromatic carbocycles. The van der Waals surface area contributed by atoms with Gasteiger partial charge in [0.25, 0.3) is 0 Å². The molecule has 0 aliphatic rings. The minimum absolute atomic E-state index is 0.145. The average Bonchev–Trinajstić information content (AvgIpc) is 2.31.